The summed E-state index contributed by atoms with van der Waals surface area (Å²) in [6, 6.07) is 2.01. The third-order valence-corrected chi connectivity index (χ3v) is 2.66. The van der Waals surface area contributed by atoms with Crippen molar-refractivity contribution in [3.05, 3.63) is 32.8 Å². The van der Waals surface area contributed by atoms with E-state index in [0.717, 1.165) is 12.1 Å². The average molecular weight is 324 g/mol. The van der Waals surface area contributed by atoms with Crippen LogP contribution in [0.15, 0.2) is 12.1 Å². The number of halogens is 3. The first-order valence-corrected chi connectivity index (χ1v) is 6.08. The lowest BCUT2D eigenvalue weighted by atomic mass is 10.1. The minimum absolute atomic E-state index is 0.0503. The summed E-state index contributed by atoms with van der Waals surface area (Å²) in [5, 5.41) is 12.9. The number of hydrogen-bond donors (Lipinski definition) is 2. The molecule has 0 aliphatic carbocycles. The Morgan fingerprint density at radius 2 is 2.19 bits per heavy atom. The fraction of sp³-hybridized carbons (Fsp3) is 0.364. The second kappa shape index (κ2) is 7.70. The van der Waals surface area contributed by atoms with Gasteiger partial charge in [0.25, 0.3) is 18.0 Å². The van der Waals surface area contributed by atoms with Crippen LogP contribution >= 0.6 is 11.6 Å². The van der Waals surface area contributed by atoms with Crippen LogP contribution in [0.5, 0.6) is 0 Å². The van der Waals surface area contributed by atoms with Gasteiger partial charge in [-0.3, -0.25) is 14.9 Å². The molecule has 116 valence electrons. The Hall–Kier alpha value is -2.00. The van der Waals surface area contributed by atoms with Crippen molar-refractivity contribution in [1.82, 2.24) is 5.32 Å². The number of nitro benzene ring substituents is 1. The van der Waals surface area contributed by atoms with Crippen molar-refractivity contribution in [1.29, 1.82) is 0 Å². The molecule has 21 heavy (non-hydrogen) atoms. The second-order valence-electron chi connectivity index (χ2n) is 3.87. The molecular weight excluding hydrogens is 312 g/mol. The van der Waals surface area contributed by atoms with E-state index in [4.69, 9.17) is 17.3 Å². The summed E-state index contributed by atoms with van der Waals surface area (Å²) in [5.41, 5.74) is 4.93. The van der Waals surface area contributed by atoms with Crippen LogP contribution in [0.25, 0.3) is 0 Å². The van der Waals surface area contributed by atoms with Gasteiger partial charge in [-0.2, -0.15) is 0 Å². The van der Waals surface area contributed by atoms with E-state index in [2.05, 4.69) is 10.1 Å². The number of carbonyl (C=O) groups excluding carboxylic acids is 1. The van der Waals surface area contributed by atoms with Gasteiger partial charge in [-0.25, -0.2) is 8.78 Å². The highest BCUT2D eigenvalue weighted by Crippen LogP contribution is 2.28. The summed E-state index contributed by atoms with van der Waals surface area (Å²) in [5.74, 6) is -0.709. The Kier molecular flexibility index (Phi) is 6.25. The van der Waals surface area contributed by atoms with Gasteiger partial charge in [-0.15, -0.1) is 0 Å². The Bertz CT molecular complexity index is 542. The number of amides is 1. The molecule has 3 N–H and O–H groups in total. The molecule has 7 nitrogen and oxygen atoms in total. The summed E-state index contributed by atoms with van der Waals surface area (Å²) in [4.78, 5) is 21.8. The van der Waals surface area contributed by atoms with Gasteiger partial charge < -0.3 is 15.8 Å². The first kappa shape index (κ1) is 17.1. The SMILES string of the molecule is Nc1c(Cl)cc([N+](=O)[O-])cc1C(=O)NCCOCC(F)F. The van der Waals surface area contributed by atoms with Gasteiger partial charge in [-0.05, 0) is 0 Å². The average Bonchev–Trinajstić information content (AvgIpc) is 2.40. The number of nitrogens with one attached hydrogen (secondary N) is 1. The fourth-order valence-corrected chi connectivity index (χ4v) is 1.61. The third kappa shape index (κ3) is 5.12. The van der Waals surface area contributed by atoms with E-state index in [1.165, 1.54) is 0 Å². The lowest BCUT2D eigenvalue weighted by molar-refractivity contribution is -0.384. The molecule has 0 heterocycles. The van der Waals surface area contributed by atoms with Crippen molar-refractivity contribution in [2.75, 3.05) is 25.5 Å². The van der Waals surface area contributed by atoms with E-state index in [1.807, 2.05) is 0 Å². The molecule has 0 aliphatic heterocycles. The standard InChI is InChI=1S/C11H12ClF2N3O4/c12-8-4-6(17(19)20)3-7(10(8)15)11(18)16-1-2-21-5-9(13)14/h3-4,9H,1-2,5,15H2,(H,16,18). The Balaban J connectivity index is 2.67. The molecule has 0 atom stereocenters. The number of carbonyl (C=O) groups is 1. The van der Waals surface area contributed by atoms with Crippen LogP contribution in [0.3, 0.4) is 0 Å². The van der Waals surface area contributed by atoms with Crippen LogP contribution in [0.1, 0.15) is 10.4 Å². The van der Waals surface area contributed by atoms with E-state index < -0.39 is 23.9 Å². The highest BCUT2D eigenvalue weighted by Gasteiger charge is 2.18. The molecule has 0 spiro atoms. The molecule has 0 aliphatic rings. The molecule has 0 fully saturated rings. The van der Waals surface area contributed by atoms with Gasteiger partial charge >= 0.3 is 0 Å². The molecule has 0 unspecified atom stereocenters. The van der Waals surface area contributed by atoms with E-state index >= 15 is 0 Å². The minimum Gasteiger partial charge on any atom is -0.397 e. The fourth-order valence-electron chi connectivity index (χ4n) is 1.40. The summed E-state index contributed by atoms with van der Waals surface area (Å²) in [6.45, 7) is -0.912. The van der Waals surface area contributed by atoms with Crippen molar-refractivity contribution < 1.29 is 23.2 Å². The number of nitrogen functional groups attached to an aromatic ring is 1. The van der Waals surface area contributed by atoms with E-state index in [-0.39, 0.29) is 35.1 Å². The second-order valence-corrected chi connectivity index (χ2v) is 4.28. The smallest absolute Gasteiger partial charge is 0.271 e. The largest absolute Gasteiger partial charge is 0.397 e. The van der Waals surface area contributed by atoms with Crippen LogP contribution in [0.2, 0.25) is 5.02 Å². The number of benzene rings is 1. The van der Waals surface area contributed by atoms with Crippen molar-refractivity contribution >= 4 is 28.9 Å². The molecule has 10 heteroatoms. The maximum atomic E-state index is 11.8. The van der Waals surface area contributed by atoms with Gasteiger partial charge in [0.15, 0.2) is 0 Å². The first-order valence-electron chi connectivity index (χ1n) is 5.70. The van der Waals surface area contributed by atoms with Crippen LogP contribution in [0, 0.1) is 10.1 Å². The van der Waals surface area contributed by atoms with Crippen LogP contribution in [-0.4, -0.2) is 37.0 Å². The Morgan fingerprint density at radius 1 is 1.52 bits per heavy atom. The molecule has 1 aromatic rings. The predicted molar refractivity (Wildman–Crippen MR) is 71.7 cm³/mol. The number of alkyl halides is 2. The van der Waals surface area contributed by atoms with Crippen molar-refractivity contribution in [3.63, 3.8) is 0 Å². The number of rotatable bonds is 7. The molecule has 0 radical (unpaired) electrons. The highest BCUT2D eigenvalue weighted by atomic mass is 35.5. The van der Waals surface area contributed by atoms with Crippen LogP contribution < -0.4 is 11.1 Å². The van der Waals surface area contributed by atoms with Crippen molar-refractivity contribution in [2.24, 2.45) is 0 Å². The number of nitrogens with zero attached hydrogens (tertiary/aromatic N) is 1. The van der Waals surface area contributed by atoms with Gasteiger partial charge in [0.2, 0.25) is 0 Å². The van der Waals surface area contributed by atoms with E-state index in [0.29, 0.717) is 0 Å². The summed E-state index contributed by atoms with van der Waals surface area (Å²) < 4.78 is 28.2. The zero-order chi connectivity index (χ0) is 16.0. The summed E-state index contributed by atoms with van der Waals surface area (Å²) in [6.07, 6.45) is -2.59. The summed E-state index contributed by atoms with van der Waals surface area (Å²) >= 11 is 5.71. The van der Waals surface area contributed by atoms with Crippen molar-refractivity contribution in [2.45, 2.75) is 6.43 Å². The zero-order valence-corrected chi connectivity index (χ0v) is 11.4. The molecule has 0 aromatic heterocycles. The molecule has 0 bridgehead atoms. The lowest BCUT2D eigenvalue weighted by Gasteiger charge is -2.09. The van der Waals surface area contributed by atoms with E-state index in [9.17, 15) is 23.7 Å². The van der Waals surface area contributed by atoms with Crippen molar-refractivity contribution in [3.8, 4) is 0 Å². The molecule has 1 aromatic carbocycles. The monoisotopic (exact) mass is 323 g/mol. The summed E-state index contributed by atoms with van der Waals surface area (Å²) in [7, 11) is 0. The predicted octanol–water partition coefficient (Wildman–Crippen LogP) is 1.84. The number of nitro groups is 1. The quantitative estimate of drug-likeness (QED) is 0.344. The number of hydrogen-bond acceptors (Lipinski definition) is 5. The van der Waals surface area contributed by atoms with Gasteiger partial charge in [0.1, 0.15) is 6.61 Å². The maximum Gasteiger partial charge on any atom is 0.271 e. The molecule has 0 saturated heterocycles. The molecule has 1 amide bonds. The first-order chi connectivity index (χ1) is 9.82. The number of non-ortho nitro benzene ring substituents is 1. The minimum atomic E-state index is -2.59. The number of ether oxygens (including phenoxy) is 1. The molecule has 0 saturated carbocycles. The number of nitrogens with two attached hydrogens (primary N) is 1. The molecule has 1 rings (SSSR count). The maximum absolute atomic E-state index is 11.8. The van der Waals surface area contributed by atoms with Gasteiger partial charge in [0.05, 0.1) is 27.8 Å². The lowest BCUT2D eigenvalue weighted by Crippen LogP contribution is -2.28. The van der Waals surface area contributed by atoms with Crippen LogP contribution in [0.4, 0.5) is 20.2 Å². The van der Waals surface area contributed by atoms with Gasteiger partial charge in [-0.1, -0.05) is 11.6 Å². The Labute approximate surface area is 123 Å². The zero-order valence-electron chi connectivity index (χ0n) is 10.6. The van der Waals surface area contributed by atoms with Gasteiger partial charge in [0, 0.05) is 18.7 Å². The highest BCUT2D eigenvalue weighted by molar-refractivity contribution is 6.34. The Morgan fingerprint density at radius 3 is 2.76 bits per heavy atom. The topological polar surface area (TPSA) is 107 Å². The van der Waals surface area contributed by atoms with E-state index in [1.54, 1.807) is 0 Å². The third-order valence-electron chi connectivity index (χ3n) is 2.35. The number of anilines is 1. The normalized spacial score (nSPS) is 10.7. The molecular formula is C11H12ClF2N3O4. The van der Waals surface area contributed by atoms with Crippen LogP contribution in [-0.2, 0) is 4.74 Å².